The second kappa shape index (κ2) is 5.47. The van der Waals surface area contributed by atoms with Crippen molar-refractivity contribution in [2.45, 2.75) is 6.43 Å². The summed E-state index contributed by atoms with van der Waals surface area (Å²) in [6.07, 6.45) is -2.56. The number of ether oxygens (including phenoxy) is 1. The highest BCUT2D eigenvalue weighted by Crippen LogP contribution is 2.22. The molecule has 17 heavy (non-hydrogen) atoms. The Hall–Kier alpha value is -1.85. The third kappa shape index (κ3) is 3.30. The highest BCUT2D eigenvalue weighted by atomic mass is 19.3. The van der Waals surface area contributed by atoms with Crippen LogP contribution in [0.1, 0.15) is 10.4 Å². The maximum absolute atomic E-state index is 12.1. The Balaban J connectivity index is 2.86. The topological polar surface area (TPSA) is 55.6 Å². The summed E-state index contributed by atoms with van der Waals surface area (Å²) >= 11 is 0. The standard InChI is InChI=1S/C11H14F2N2O2/c1-15(6-10(12)13)11(16)7-3-4-9(17-2)8(14)5-7/h3-5,10H,6,14H2,1-2H3. The summed E-state index contributed by atoms with van der Waals surface area (Å²) in [5.74, 6) is -0.0577. The summed E-state index contributed by atoms with van der Waals surface area (Å²) in [7, 11) is 2.77. The molecule has 0 unspecified atom stereocenters. The second-order valence-corrected chi connectivity index (χ2v) is 3.53. The van der Waals surface area contributed by atoms with Gasteiger partial charge < -0.3 is 15.4 Å². The van der Waals surface area contributed by atoms with Crippen LogP contribution in [0.5, 0.6) is 5.75 Å². The number of benzene rings is 1. The van der Waals surface area contributed by atoms with Gasteiger partial charge in [-0.3, -0.25) is 4.79 Å². The molecule has 1 aromatic rings. The highest BCUT2D eigenvalue weighted by molar-refractivity contribution is 5.95. The van der Waals surface area contributed by atoms with Crippen molar-refractivity contribution in [3.05, 3.63) is 23.8 Å². The van der Waals surface area contributed by atoms with Crippen LogP contribution in [0.15, 0.2) is 18.2 Å². The predicted octanol–water partition coefficient (Wildman–Crippen LogP) is 1.61. The number of alkyl halides is 2. The van der Waals surface area contributed by atoms with E-state index in [-0.39, 0.29) is 5.56 Å². The number of amides is 1. The third-order valence-electron chi connectivity index (χ3n) is 2.24. The molecule has 0 heterocycles. The first kappa shape index (κ1) is 13.2. The monoisotopic (exact) mass is 244 g/mol. The van der Waals surface area contributed by atoms with Crippen LogP contribution in [0.3, 0.4) is 0 Å². The summed E-state index contributed by atoms with van der Waals surface area (Å²) in [5, 5.41) is 0. The number of anilines is 1. The fourth-order valence-electron chi connectivity index (χ4n) is 1.38. The SMILES string of the molecule is COc1ccc(C(=O)N(C)CC(F)F)cc1N. The first-order valence-electron chi connectivity index (χ1n) is 4.92. The van der Waals surface area contributed by atoms with Crippen molar-refractivity contribution >= 4 is 11.6 Å². The van der Waals surface area contributed by atoms with Crippen molar-refractivity contribution in [1.82, 2.24) is 4.90 Å². The van der Waals surface area contributed by atoms with Gasteiger partial charge in [-0.05, 0) is 18.2 Å². The Labute approximate surface area is 98.0 Å². The Bertz CT molecular complexity index is 410. The molecule has 1 aromatic carbocycles. The van der Waals surface area contributed by atoms with Gasteiger partial charge >= 0.3 is 0 Å². The lowest BCUT2D eigenvalue weighted by Gasteiger charge is -2.17. The molecule has 0 saturated heterocycles. The lowest BCUT2D eigenvalue weighted by Crippen LogP contribution is -2.31. The summed E-state index contributed by atoms with van der Waals surface area (Å²) in [4.78, 5) is 12.7. The molecule has 2 N–H and O–H groups in total. The highest BCUT2D eigenvalue weighted by Gasteiger charge is 2.16. The van der Waals surface area contributed by atoms with Crippen LogP contribution in [0.25, 0.3) is 0 Å². The molecule has 0 spiro atoms. The molecule has 0 fully saturated rings. The Morgan fingerprint density at radius 2 is 2.18 bits per heavy atom. The van der Waals surface area contributed by atoms with Crippen LogP contribution < -0.4 is 10.5 Å². The van der Waals surface area contributed by atoms with E-state index in [1.54, 1.807) is 0 Å². The minimum absolute atomic E-state index is 0.256. The van der Waals surface area contributed by atoms with Gasteiger partial charge in [0, 0.05) is 12.6 Å². The number of carbonyl (C=O) groups is 1. The van der Waals surface area contributed by atoms with Crippen molar-refractivity contribution in [1.29, 1.82) is 0 Å². The molecule has 6 heteroatoms. The fraction of sp³-hybridized carbons (Fsp3) is 0.364. The molecule has 1 rings (SSSR count). The van der Waals surface area contributed by atoms with Gasteiger partial charge in [0.25, 0.3) is 12.3 Å². The van der Waals surface area contributed by atoms with Crippen molar-refractivity contribution in [3.63, 3.8) is 0 Å². The second-order valence-electron chi connectivity index (χ2n) is 3.53. The van der Waals surface area contributed by atoms with Crippen molar-refractivity contribution < 1.29 is 18.3 Å². The Morgan fingerprint density at radius 1 is 1.53 bits per heavy atom. The lowest BCUT2D eigenvalue weighted by molar-refractivity contribution is 0.0620. The fourth-order valence-corrected chi connectivity index (χ4v) is 1.38. The zero-order valence-electron chi connectivity index (χ0n) is 9.61. The first-order valence-corrected chi connectivity index (χ1v) is 4.92. The average Bonchev–Trinajstić information content (AvgIpc) is 2.27. The van der Waals surface area contributed by atoms with Crippen LogP contribution >= 0.6 is 0 Å². The number of rotatable bonds is 4. The number of nitrogen functional groups attached to an aromatic ring is 1. The first-order chi connectivity index (χ1) is 7.95. The van der Waals surface area contributed by atoms with Gasteiger partial charge in [-0.1, -0.05) is 0 Å². The number of nitrogens with two attached hydrogens (primary N) is 1. The maximum atomic E-state index is 12.1. The normalized spacial score (nSPS) is 10.4. The third-order valence-corrected chi connectivity index (χ3v) is 2.24. The van der Waals surface area contributed by atoms with Gasteiger partial charge in [0.1, 0.15) is 5.75 Å². The number of carbonyl (C=O) groups excluding carboxylic acids is 1. The molecule has 0 saturated carbocycles. The largest absolute Gasteiger partial charge is 0.495 e. The molecule has 0 aliphatic heterocycles. The minimum Gasteiger partial charge on any atom is -0.495 e. The van der Waals surface area contributed by atoms with Crippen LogP contribution in [-0.4, -0.2) is 37.9 Å². The maximum Gasteiger partial charge on any atom is 0.255 e. The smallest absolute Gasteiger partial charge is 0.255 e. The number of methoxy groups -OCH3 is 1. The van der Waals surface area contributed by atoms with E-state index >= 15 is 0 Å². The lowest BCUT2D eigenvalue weighted by atomic mass is 10.1. The molecular weight excluding hydrogens is 230 g/mol. The molecule has 0 radical (unpaired) electrons. The molecule has 0 atom stereocenters. The zero-order valence-corrected chi connectivity index (χ0v) is 9.61. The van der Waals surface area contributed by atoms with Crippen LogP contribution in [0.2, 0.25) is 0 Å². The minimum atomic E-state index is -2.56. The van der Waals surface area contributed by atoms with Gasteiger partial charge in [0.2, 0.25) is 0 Å². The molecule has 1 amide bonds. The predicted molar refractivity (Wildman–Crippen MR) is 60.4 cm³/mol. The Morgan fingerprint density at radius 3 is 2.65 bits per heavy atom. The zero-order chi connectivity index (χ0) is 13.0. The molecule has 0 aliphatic rings. The number of hydrogen-bond donors (Lipinski definition) is 1. The summed E-state index contributed by atoms with van der Waals surface area (Å²) in [6, 6.07) is 4.42. The van der Waals surface area contributed by atoms with Crippen LogP contribution in [0.4, 0.5) is 14.5 Å². The van der Waals surface area contributed by atoms with Crippen LogP contribution in [-0.2, 0) is 0 Å². The average molecular weight is 244 g/mol. The number of nitrogens with zero attached hydrogens (tertiary/aromatic N) is 1. The van der Waals surface area contributed by atoms with E-state index in [2.05, 4.69) is 0 Å². The van der Waals surface area contributed by atoms with E-state index in [1.165, 1.54) is 32.4 Å². The van der Waals surface area contributed by atoms with Gasteiger partial charge in [-0.25, -0.2) is 8.78 Å². The summed E-state index contributed by atoms with van der Waals surface area (Å²) < 4.78 is 29.2. The Kier molecular flexibility index (Phi) is 4.25. The number of halogens is 2. The molecular formula is C11H14F2N2O2. The summed E-state index contributed by atoms with van der Waals surface area (Å²) in [5.41, 5.74) is 6.18. The van der Waals surface area contributed by atoms with E-state index in [1.807, 2.05) is 0 Å². The van der Waals surface area contributed by atoms with Crippen molar-refractivity contribution in [2.24, 2.45) is 0 Å². The molecule has 0 bridgehead atoms. The van der Waals surface area contributed by atoms with E-state index in [9.17, 15) is 13.6 Å². The summed E-state index contributed by atoms with van der Waals surface area (Å²) in [6.45, 7) is -0.606. The quantitative estimate of drug-likeness (QED) is 0.819. The van der Waals surface area contributed by atoms with Gasteiger partial charge in [-0.15, -0.1) is 0 Å². The van der Waals surface area contributed by atoms with Crippen LogP contribution in [0, 0.1) is 0 Å². The molecule has 94 valence electrons. The number of hydrogen-bond acceptors (Lipinski definition) is 3. The van der Waals surface area contributed by atoms with E-state index in [0.717, 1.165) is 4.90 Å². The van der Waals surface area contributed by atoms with Crippen molar-refractivity contribution in [3.8, 4) is 5.75 Å². The van der Waals surface area contributed by atoms with E-state index in [0.29, 0.717) is 11.4 Å². The van der Waals surface area contributed by atoms with Crippen molar-refractivity contribution in [2.75, 3.05) is 26.4 Å². The molecule has 0 aromatic heterocycles. The van der Waals surface area contributed by atoms with Gasteiger partial charge in [-0.2, -0.15) is 0 Å². The molecule has 4 nitrogen and oxygen atoms in total. The van der Waals surface area contributed by atoms with Gasteiger partial charge in [0.05, 0.1) is 19.3 Å². The van der Waals surface area contributed by atoms with Gasteiger partial charge in [0.15, 0.2) is 0 Å². The van der Waals surface area contributed by atoms with E-state index in [4.69, 9.17) is 10.5 Å². The van der Waals surface area contributed by atoms with E-state index < -0.39 is 18.9 Å². The molecule has 0 aliphatic carbocycles.